The maximum absolute atomic E-state index is 12.1. The summed E-state index contributed by atoms with van der Waals surface area (Å²) in [6.45, 7) is 2.18. The summed E-state index contributed by atoms with van der Waals surface area (Å²) in [6, 6.07) is 1.83. The molecule has 2 atom stereocenters. The second kappa shape index (κ2) is 5.85. The molecular formula is C14H26N2O. The largest absolute Gasteiger partial charge is 0.343 e. The van der Waals surface area contributed by atoms with Crippen molar-refractivity contribution in [3.8, 4) is 0 Å². The van der Waals surface area contributed by atoms with E-state index in [-0.39, 0.29) is 0 Å². The molecule has 2 aliphatic heterocycles. The Hall–Kier alpha value is -0.570. The molecule has 2 rings (SSSR count). The maximum atomic E-state index is 12.1. The Morgan fingerprint density at radius 1 is 1.24 bits per heavy atom. The summed E-state index contributed by atoms with van der Waals surface area (Å²) >= 11 is 0. The van der Waals surface area contributed by atoms with Crippen molar-refractivity contribution in [2.24, 2.45) is 0 Å². The summed E-state index contributed by atoms with van der Waals surface area (Å²) < 4.78 is 0. The Morgan fingerprint density at radius 2 is 1.88 bits per heavy atom. The minimum Gasteiger partial charge on any atom is -0.343 e. The van der Waals surface area contributed by atoms with Crippen LogP contribution in [0.5, 0.6) is 0 Å². The fraction of sp³-hybridized carbons (Fsp3) is 0.929. The van der Waals surface area contributed by atoms with Crippen molar-refractivity contribution in [2.75, 3.05) is 7.05 Å². The fourth-order valence-electron chi connectivity index (χ4n) is 3.25. The number of piperidine rings is 1. The molecule has 0 aromatic heterocycles. The third-order valence-electron chi connectivity index (χ3n) is 4.38. The first-order valence-electron chi connectivity index (χ1n) is 7.22. The van der Waals surface area contributed by atoms with Crippen LogP contribution in [0.2, 0.25) is 0 Å². The van der Waals surface area contributed by atoms with Gasteiger partial charge in [0.15, 0.2) is 0 Å². The molecule has 1 amide bonds. The van der Waals surface area contributed by atoms with Crippen LogP contribution in [0, 0.1) is 0 Å². The van der Waals surface area contributed by atoms with Gasteiger partial charge in [-0.2, -0.15) is 0 Å². The average molecular weight is 238 g/mol. The lowest BCUT2D eigenvalue weighted by Crippen LogP contribution is -2.48. The number of rotatable bonds is 5. The van der Waals surface area contributed by atoms with E-state index in [1.165, 1.54) is 25.7 Å². The van der Waals surface area contributed by atoms with Crippen molar-refractivity contribution in [3.63, 3.8) is 0 Å². The number of hydrogen-bond donors (Lipinski definition) is 1. The van der Waals surface area contributed by atoms with E-state index in [1.54, 1.807) is 0 Å². The molecule has 2 unspecified atom stereocenters. The van der Waals surface area contributed by atoms with Gasteiger partial charge in [0.25, 0.3) is 0 Å². The molecule has 3 heteroatoms. The molecule has 0 aromatic carbocycles. The molecule has 0 spiro atoms. The molecule has 0 radical (unpaired) electrons. The quantitative estimate of drug-likeness (QED) is 0.745. The highest BCUT2D eigenvalue weighted by Crippen LogP contribution is 2.29. The summed E-state index contributed by atoms with van der Waals surface area (Å²) in [6.07, 6.45) is 9.09. The fourth-order valence-corrected chi connectivity index (χ4v) is 3.25. The van der Waals surface area contributed by atoms with Crippen molar-refractivity contribution >= 4 is 5.91 Å². The van der Waals surface area contributed by atoms with E-state index < -0.39 is 0 Å². The summed E-state index contributed by atoms with van der Waals surface area (Å²) in [7, 11) is 2.00. The summed E-state index contributed by atoms with van der Waals surface area (Å²) in [5.74, 6) is 0.352. The van der Waals surface area contributed by atoms with Gasteiger partial charge in [-0.25, -0.2) is 0 Å². The van der Waals surface area contributed by atoms with Gasteiger partial charge in [0.05, 0.1) is 0 Å². The Morgan fingerprint density at radius 3 is 2.47 bits per heavy atom. The topological polar surface area (TPSA) is 32.3 Å². The Balaban J connectivity index is 1.78. The van der Waals surface area contributed by atoms with Gasteiger partial charge in [-0.1, -0.05) is 19.8 Å². The van der Waals surface area contributed by atoms with Crippen molar-refractivity contribution in [1.82, 2.24) is 10.2 Å². The normalized spacial score (nSPS) is 31.5. The van der Waals surface area contributed by atoms with E-state index in [0.29, 0.717) is 24.0 Å². The van der Waals surface area contributed by atoms with E-state index in [2.05, 4.69) is 12.2 Å². The van der Waals surface area contributed by atoms with Crippen LogP contribution in [-0.4, -0.2) is 36.0 Å². The third-order valence-corrected chi connectivity index (χ3v) is 4.38. The van der Waals surface area contributed by atoms with Crippen molar-refractivity contribution in [1.29, 1.82) is 0 Å². The van der Waals surface area contributed by atoms with Gasteiger partial charge in [-0.3, -0.25) is 4.79 Å². The van der Waals surface area contributed by atoms with Gasteiger partial charge >= 0.3 is 0 Å². The van der Waals surface area contributed by atoms with Gasteiger partial charge in [-0.05, 0) is 32.1 Å². The summed E-state index contributed by atoms with van der Waals surface area (Å²) in [5, 5.41) is 3.63. The molecule has 0 saturated carbocycles. The summed E-state index contributed by atoms with van der Waals surface area (Å²) in [5.41, 5.74) is 0. The number of carbonyl (C=O) groups is 1. The van der Waals surface area contributed by atoms with Crippen LogP contribution < -0.4 is 5.32 Å². The van der Waals surface area contributed by atoms with Gasteiger partial charge in [0, 0.05) is 31.6 Å². The smallest absolute Gasteiger partial charge is 0.222 e. The van der Waals surface area contributed by atoms with Crippen molar-refractivity contribution < 1.29 is 4.79 Å². The molecule has 0 aliphatic carbocycles. The first-order valence-corrected chi connectivity index (χ1v) is 7.22. The van der Waals surface area contributed by atoms with E-state index in [0.717, 1.165) is 25.7 Å². The molecule has 2 fully saturated rings. The molecule has 2 bridgehead atoms. The van der Waals surface area contributed by atoms with Gasteiger partial charge in [0.1, 0.15) is 0 Å². The Labute approximate surface area is 105 Å². The van der Waals surface area contributed by atoms with E-state index >= 15 is 0 Å². The van der Waals surface area contributed by atoms with Crippen LogP contribution >= 0.6 is 0 Å². The standard InChI is InChI=1S/C14H26N2O/c1-3-4-5-6-14(17)16(2)13-9-11-7-8-12(10-13)15-11/h11-13,15H,3-10H2,1-2H3. The number of nitrogens with zero attached hydrogens (tertiary/aromatic N) is 1. The van der Waals surface area contributed by atoms with Crippen LogP contribution in [0.3, 0.4) is 0 Å². The number of nitrogens with one attached hydrogen (secondary N) is 1. The zero-order chi connectivity index (χ0) is 12.3. The van der Waals surface area contributed by atoms with Gasteiger partial charge < -0.3 is 10.2 Å². The summed E-state index contributed by atoms with van der Waals surface area (Å²) in [4.78, 5) is 14.1. The average Bonchev–Trinajstić information content (AvgIpc) is 2.67. The molecule has 0 aromatic rings. The zero-order valence-corrected chi connectivity index (χ0v) is 11.2. The van der Waals surface area contributed by atoms with Crippen molar-refractivity contribution in [2.45, 2.75) is 76.4 Å². The monoisotopic (exact) mass is 238 g/mol. The second-order valence-corrected chi connectivity index (χ2v) is 5.72. The highest BCUT2D eigenvalue weighted by Gasteiger charge is 2.36. The predicted molar refractivity (Wildman–Crippen MR) is 69.9 cm³/mol. The lowest BCUT2D eigenvalue weighted by atomic mass is 9.98. The molecule has 2 aliphatic rings. The Bertz CT molecular complexity index is 255. The first kappa shape index (κ1) is 12.9. The van der Waals surface area contributed by atoms with Crippen LogP contribution in [0.25, 0.3) is 0 Å². The van der Waals surface area contributed by atoms with E-state index in [9.17, 15) is 4.79 Å². The van der Waals surface area contributed by atoms with Crippen LogP contribution in [0.4, 0.5) is 0 Å². The van der Waals surface area contributed by atoms with Crippen LogP contribution in [-0.2, 0) is 4.79 Å². The molecule has 3 nitrogen and oxygen atoms in total. The highest BCUT2D eigenvalue weighted by molar-refractivity contribution is 5.76. The van der Waals surface area contributed by atoms with Crippen molar-refractivity contribution in [3.05, 3.63) is 0 Å². The molecule has 2 saturated heterocycles. The number of fused-ring (bicyclic) bond motifs is 2. The zero-order valence-electron chi connectivity index (χ0n) is 11.2. The van der Waals surface area contributed by atoms with E-state index in [1.807, 2.05) is 11.9 Å². The SMILES string of the molecule is CCCCCC(=O)N(C)C1CC2CCC(C1)N2. The minimum absolute atomic E-state index is 0.352. The second-order valence-electron chi connectivity index (χ2n) is 5.72. The Kier molecular flexibility index (Phi) is 4.43. The number of unbranched alkanes of at least 4 members (excludes halogenated alkanes) is 2. The first-order chi connectivity index (χ1) is 8.20. The van der Waals surface area contributed by atoms with Gasteiger partial charge in [0.2, 0.25) is 5.91 Å². The number of carbonyl (C=O) groups excluding carboxylic acids is 1. The lowest BCUT2D eigenvalue weighted by molar-refractivity contribution is -0.132. The maximum Gasteiger partial charge on any atom is 0.222 e. The molecule has 98 valence electrons. The highest BCUT2D eigenvalue weighted by atomic mass is 16.2. The molecule has 17 heavy (non-hydrogen) atoms. The van der Waals surface area contributed by atoms with E-state index in [4.69, 9.17) is 0 Å². The molecule has 2 heterocycles. The molecule has 1 N–H and O–H groups in total. The van der Waals surface area contributed by atoms with Crippen LogP contribution in [0.1, 0.15) is 58.3 Å². The number of hydrogen-bond acceptors (Lipinski definition) is 2. The minimum atomic E-state index is 0.352. The van der Waals surface area contributed by atoms with Crippen LogP contribution in [0.15, 0.2) is 0 Å². The molecular weight excluding hydrogens is 212 g/mol. The predicted octanol–water partition coefficient (Wildman–Crippen LogP) is 2.31. The lowest BCUT2D eigenvalue weighted by Gasteiger charge is -2.35. The number of amides is 1. The third kappa shape index (κ3) is 3.21. The van der Waals surface area contributed by atoms with Gasteiger partial charge in [-0.15, -0.1) is 0 Å².